The van der Waals surface area contributed by atoms with E-state index >= 15 is 0 Å². The first kappa shape index (κ1) is 15.2. The lowest BCUT2D eigenvalue weighted by atomic mass is 10.2. The summed E-state index contributed by atoms with van der Waals surface area (Å²) < 4.78 is 10.2. The fourth-order valence-corrected chi connectivity index (χ4v) is 1.43. The Hall–Kier alpha value is -1.84. The van der Waals surface area contributed by atoms with E-state index < -0.39 is 5.60 Å². The standard InChI is InChI=1S/C15H20O4/c1-15(2,3)19-13(16)10-7-11-18-14(17)12-8-5-4-6-9-12/h4-6,8-9H,7,10-11H2,1-3H3. The molecule has 0 N–H and O–H groups in total. The first-order chi connectivity index (χ1) is 8.88. The summed E-state index contributed by atoms with van der Waals surface area (Å²) >= 11 is 0. The van der Waals surface area contributed by atoms with E-state index in [1.165, 1.54) is 0 Å². The molecule has 0 atom stereocenters. The van der Waals surface area contributed by atoms with Crippen molar-refractivity contribution >= 4 is 11.9 Å². The Morgan fingerprint density at radius 1 is 1.11 bits per heavy atom. The van der Waals surface area contributed by atoms with Crippen molar-refractivity contribution in [2.75, 3.05) is 6.61 Å². The molecule has 0 unspecified atom stereocenters. The van der Waals surface area contributed by atoms with Crippen molar-refractivity contribution in [3.63, 3.8) is 0 Å². The van der Waals surface area contributed by atoms with Crippen LogP contribution in [0.3, 0.4) is 0 Å². The average molecular weight is 264 g/mol. The van der Waals surface area contributed by atoms with Crippen LogP contribution in [0.25, 0.3) is 0 Å². The zero-order valence-electron chi connectivity index (χ0n) is 11.6. The van der Waals surface area contributed by atoms with E-state index in [-0.39, 0.29) is 25.0 Å². The maximum absolute atomic E-state index is 11.6. The number of carbonyl (C=O) groups excluding carboxylic acids is 2. The van der Waals surface area contributed by atoms with Gasteiger partial charge in [0, 0.05) is 6.42 Å². The highest BCUT2D eigenvalue weighted by molar-refractivity contribution is 5.89. The van der Waals surface area contributed by atoms with Gasteiger partial charge < -0.3 is 9.47 Å². The number of benzene rings is 1. The van der Waals surface area contributed by atoms with Gasteiger partial charge in [0.2, 0.25) is 0 Å². The zero-order chi connectivity index (χ0) is 14.3. The maximum Gasteiger partial charge on any atom is 0.338 e. The normalized spacial score (nSPS) is 10.9. The molecular formula is C15H20O4. The second-order valence-electron chi connectivity index (χ2n) is 5.19. The van der Waals surface area contributed by atoms with Gasteiger partial charge in [0.15, 0.2) is 0 Å². The second-order valence-corrected chi connectivity index (χ2v) is 5.19. The van der Waals surface area contributed by atoms with Crippen LogP contribution in [0.4, 0.5) is 0 Å². The lowest BCUT2D eigenvalue weighted by Gasteiger charge is -2.19. The Morgan fingerprint density at radius 3 is 2.32 bits per heavy atom. The average Bonchev–Trinajstić information content (AvgIpc) is 2.33. The van der Waals surface area contributed by atoms with Crippen molar-refractivity contribution in [2.24, 2.45) is 0 Å². The molecule has 0 bridgehead atoms. The number of hydrogen-bond donors (Lipinski definition) is 0. The summed E-state index contributed by atoms with van der Waals surface area (Å²) in [4.78, 5) is 23.0. The van der Waals surface area contributed by atoms with Crippen molar-refractivity contribution in [3.05, 3.63) is 35.9 Å². The van der Waals surface area contributed by atoms with E-state index in [2.05, 4.69) is 0 Å². The van der Waals surface area contributed by atoms with Gasteiger partial charge in [-0.15, -0.1) is 0 Å². The molecule has 0 aliphatic carbocycles. The molecule has 0 saturated carbocycles. The van der Waals surface area contributed by atoms with Gasteiger partial charge in [-0.1, -0.05) is 18.2 Å². The van der Waals surface area contributed by atoms with Crippen LogP contribution in [0.5, 0.6) is 0 Å². The summed E-state index contributed by atoms with van der Waals surface area (Å²) in [5.41, 5.74) is 0.0393. The van der Waals surface area contributed by atoms with E-state index in [4.69, 9.17) is 9.47 Å². The molecule has 1 rings (SSSR count). The summed E-state index contributed by atoms with van der Waals surface area (Å²) in [6, 6.07) is 8.76. The molecule has 0 heterocycles. The van der Waals surface area contributed by atoms with Gasteiger partial charge in [0.1, 0.15) is 5.60 Å². The van der Waals surface area contributed by atoms with Crippen LogP contribution >= 0.6 is 0 Å². The minimum atomic E-state index is -0.474. The maximum atomic E-state index is 11.6. The molecule has 1 aromatic carbocycles. The van der Waals surface area contributed by atoms with Gasteiger partial charge >= 0.3 is 11.9 Å². The van der Waals surface area contributed by atoms with Crippen LogP contribution in [-0.4, -0.2) is 24.1 Å². The Morgan fingerprint density at radius 2 is 1.74 bits per heavy atom. The molecule has 19 heavy (non-hydrogen) atoms. The number of esters is 2. The van der Waals surface area contributed by atoms with Crippen LogP contribution in [0.2, 0.25) is 0 Å². The monoisotopic (exact) mass is 264 g/mol. The molecule has 4 nitrogen and oxygen atoms in total. The zero-order valence-corrected chi connectivity index (χ0v) is 11.6. The van der Waals surface area contributed by atoms with Gasteiger partial charge in [-0.2, -0.15) is 0 Å². The van der Waals surface area contributed by atoms with Crippen LogP contribution in [0, 0.1) is 0 Å². The fraction of sp³-hybridized carbons (Fsp3) is 0.467. The predicted octanol–water partition coefficient (Wildman–Crippen LogP) is 2.97. The fourth-order valence-electron chi connectivity index (χ4n) is 1.43. The third kappa shape index (κ3) is 6.60. The van der Waals surface area contributed by atoms with E-state index in [1.807, 2.05) is 26.8 Å². The van der Waals surface area contributed by atoms with Gasteiger partial charge in [0.25, 0.3) is 0 Å². The minimum absolute atomic E-state index is 0.215. The molecule has 0 aliphatic heterocycles. The number of rotatable bonds is 5. The summed E-state index contributed by atoms with van der Waals surface area (Å²) in [6.07, 6.45) is 0.715. The van der Waals surface area contributed by atoms with Gasteiger partial charge in [-0.3, -0.25) is 4.79 Å². The molecule has 0 aromatic heterocycles. The third-order valence-electron chi connectivity index (χ3n) is 2.19. The van der Waals surface area contributed by atoms with Crippen molar-refractivity contribution in [1.82, 2.24) is 0 Å². The lowest BCUT2D eigenvalue weighted by Crippen LogP contribution is -2.24. The lowest BCUT2D eigenvalue weighted by molar-refractivity contribution is -0.155. The predicted molar refractivity (Wildman–Crippen MR) is 71.8 cm³/mol. The van der Waals surface area contributed by atoms with Crippen LogP contribution in [0.15, 0.2) is 30.3 Å². The molecule has 1 aromatic rings. The van der Waals surface area contributed by atoms with E-state index in [0.717, 1.165) is 0 Å². The highest BCUT2D eigenvalue weighted by Crippen LogP contribution is 2.09. The SMILES string of the molecule is CC(C)(C)OC(=O)CCCOC(=O)c1ccccc1. The van der Waals surface area contributed by atoms with Gasteiger partial charge in [-0.25, -0.2) is 4.79 Å². The number of carbonyl (C=O) groups is 2. The van der Waals surface area contributed by atoms with E-state index in [0.29, 0.717) is 12.0 Å². The smallest absolute Gasteiger partial charge is 0.338 e. The van der Waals surface area contributed by atoms with Crippen LogP contribution < -0.4 is 0 Å². The summed E-state index contributed by atoms with van der Waals surface area (Å²) in [5.74, 6) is -0.645. The first-order valence-electron chi connectivity index (χ1n) is 6.32. The van der Waals surface area contributed by atoms with Crippen LogP contribution in [-0.2, 0) is 14.3 Å². The first-order valence-corrected chi connectivity index (χ1v) is 6.32. The molecule has 0 aliphatic rings. The van der Waals surface area contributed by atoms with Crippen molar-refractivity contribution in [1.29, 1.82) is 0 Å². The van der Waals surface area contributed by atoms with Crippen molar-refractivity contribution in [2.45, 2.75) is 39.2 Å². The molecule has 0 spiro atoms. The molecule has 0 fully saturated rings. The molecule has 4 heteroatoms. The van der Waals surface area contributed by atoms with Gasteiger partial charge in [-0.05, 0) is 39.3 Å². The molecule has 0 amide bonds. The highest BCUT2D eigenvalue weighted by atomic mass is 16.6. The largest absolute Gasteiger partial charge is 0.462 e. The van der Waals surface area contributed by atoms with Crippen molar-refractivity contribution < 1.29 is 19.1 Å². The molecule has 0 radical (unpaired) electrons. The van der Waals surface area contributed by atoms with Gasteiger partial charge in [0.05, 0.1) is 12.2 Å². The van der Waals surface area contributed by atoms with Crippen molar-refractivity contribution in [3.8, 4) is 0 Å². The Kier molecular flexibility index (Phi) is 5.55. The summed E-state index contributed by atoms with van der Waals surface area (Å²) in [5, 5.41) is 0. The quantitative estimate of drug-likeness (QED) is 0.606. The Labute approximate surface area is 113 Å². The topological polar surface area (TPSA) is 52.6 Å². The minimum Gasteiger partial charge on any atom is -0.462 e. The second kappa shape index (κ2) is 6.92. The van der Waals surface area contributed by atoms with Crippen LogP contribution in [0.1, 0.15) is 44.0 Å². The molecule has 104 valence electrons. The number of hydrogen-bond acceptors (Lipinski definition) is 4. The van der Waals surface area contributed by atoms with E-state index in [9.17, 15) is 9.59 Å². The number of ether oxygens (including phenoxy) is 2. The Bertz CT molecular complexity index is 418. The molecule has 0 saturated heterocycles. The highest BCUT2D eigenvalue weighted by Gasteiger charge is 2.15. The summed E-state index contributed by atoms with van der Waals surface area (Å²) in [7, 11) is 0. The van der Waals surface area contributed by atoms with E-state index in [1.54, 1.807) is 24.3 Å². The molecular weight excluding hydrogens is 244 g/mol. The summed E-state index contributed by atoms with van der Waals surface area (Å²) in [6.45, 7) is 5.67. The third-order valence-corrected chi connectivity index (χ3v) is 2.19. The Balaban J connectivity index is 2.21.